The normalized spacial score (nSPS) is 13.9. The summed E-state index contributed by atoms with van der Waals surface area (Å²) in [4.78, 5) is 15.3. The Labute approximate surface area is 95.8 Å². The van der Waals surface area contributed by atoms with Crippen molar-refractivity contribution < 1.29 is 9.22 Å². The van der Waals surface area contributed by atoms with Gasteiger partial charge in [0.15, 0.2) is 0 Å². The van der Waals surface area contributed by atoms with E-state index in [1.807, 2.05) is 33.5 Å². The van der Waals surface area contributed by atoms with Crippen LogP contribution in [0.1, 0.15) is 13.8 Å². The van der Waals surface area contributed by atoms with Crippen LogP contribution in [0, 0.1) is 0 Å². The number of carbonyl (C=O) groups is 1. The first kappa shape index (κ1) is 14.9. The lowest BCUT2D eigenvalue weighted by Crippen LogP contribution is -2.59. The molecular weight excluding hydrogens is 222 g/mol. The van der Waals surface area contributed by atoms with Gasteiger partial charge >= 0.3 is 5.97 Å². The van der Waals surface area contributed by atoms with E-state index in [1.54, 1.807) is 0 Å². The standard InChI is InChI=1S/C10H25NO2Si2/c1-10(2,11-14(3,4)5)9(12)13-15(6,7)8/h11H,1-8H3. The summed E-state index contributed by atoms with van der Waals surface area (Å²) in [6.45, 7) is 16.4. The van der Waals surface area contributed by atoms with Crippen molar-refractivity contribution in [1.82, 2.24) is 4.98 Å². The molecule has 3 nitrogen and oxygen atoms in total. The van der Waals surface area contributed by atoms with Gasteiger partial charge in [-0.25, -0.2) is 0 Å². The predicted molar refractivity (Wildman–Crippen MR) is 70.0 cm³/mol. The van der Waals surface area contributed by atoms with E-state index in [9.17, 15) is 4.79 Å². The van der Waals surface area contributed by atoms with Crippen LogP contribution in [0.5, 0.6) is 0 Å². The van der Waals surface area contributed by atoms with Crippen molar-refractivity contribution in [2.24, 2.45) is 0 Å². The van der Waals surface area contributed by atoms with Crippen molar-refractivity contribution in [3.8, 4) is 0 Å². The van der Waals surface area contributed by atoms with Crippen LogP contribution in [0.2, 0.25) is 39.3 Å². The van der Waals surface area contributed by atoms with Crippen LogP contribution >= 0.6 is 0 Å². The van der Waals surface area contributed by atoms with Gasteiger partial charge in [0.05, 0.1) is 0 Å². The van der Waals surface area contributed by atoms with E-state index in [4.69, 9.17) is 4.43 Å². The summed E-state index contributed by atoms with van der Waals surface area (Å²) >= 11 is 0. The van der Waals surface area contributed by atoms with Gasteiger partial charge in [-0.15, -0.1) is 0 Å². The Kier molecular flexibility index (Phi) is 4.35. The van der Waals surface area contributed by atoms with Gasteiger partial charge in [-0.1, -0.05) is 19.6 Å². The summed E-state index contributed by atoms with van der Waals surface area (Å²) in [5.41, 5.74) is -0.565. The maximum Gasteiger partial charge on any atom is 0.311 e. The van der Waals surface area contributed by atoms with Gasteiger partial charge in [0, 0.05) is 0 Å². The third-order valence-electron chi connectivity index (χ3n) is 1.60. The highest BCUT2D eigenvalue weighted by atomic mass is 28.4. The molecule has 5 heteroatoms. The molecular formula is C10H25NO2Si2. The number of carbonyl (C=O) groups excluding carboxylic acids is 1. The average molecular weight is 247 g/mol. The summed E-state index contributed by atoms with van der Waals surface area (Å²) < 4.78 is 5.51. The van der Waals surface area contributed by atoms with E-state index >= 15 is 0 Å². The molecule has 0 unspecified atom stereocenters. The van der Waals surface area contributed by atoms with E-state index in [2.05, 4.69) is 24.6 Å². The fourth-order valence-corrected chi connectivity index (χ4v) is 4.18. The molecule has 0 aromatic carbocycles. The molecule has 0 bridgehead atoms. The topological polar surface area (TPSA) is 38.3 Å². The van der Waals surface area contributed by atoms with Crippen molar-refractivity contribution >= 4 is 22.5 Å². The molecule has 0 fully saturated rings. The minimum atomic E-state index is -1.78. The molecule has 0 rings (SSSR count). The van der Waals surface area contributed by atoms with Gasteiger partial charge in [0.2, 0.25) is 8.32 Å². The predicted octanol–water partition coefficient (Wildman–Crippen LogP) is 2.57. The zero-order valence-electron chi connectivity index (χ0n) is 11.3. The summed E-state index contributed by atoms with van der Waals surface area (Å²) in [7, 11) is -3.25. The van der Waals surface area contributed by atoms with Crippen molar-refractivity contribution in [2.45, 2.75) is 58.7 Å². The maximum atomic E-state index is 11.9. The fraction of sp³-hybridized carbons (Fsp3) is 0.900. The highest BCUT2D eigenvalue weighted by Crippen LogP contribution is 2.14. The highest BCUT2D eigenvalue weighted by Gasteiger charge is 2.36. The molecule has 0 saturated carbocycles. The minimum Gasteiger partial charge on any atom is -0.519 e. The number of nitrogens with one attached hydrogen (secondary N) is 1. The average Bonchev–Trinajstić information content (AvgIpc) is 1.75. The number of hydrogen-bond donors (Lipinski definition) is 1. The lowest BCUT2D eigenvalue weighted by atomic mass is 10.1. The van der Waals surface area contributed by atoms with E-state index in [-0.39, 0.29) is 5.97 Å². The molecule has 0 radical (unpaired) electrons. The van der Waals surface area contributed by atoms with Crippen LogP contribution in [0.15, 0.2) is 0 Å². The zero-order chi connectivity index (χ0) is 12.5. The molecule has 0 aromatic heterocycles. The zero-order valence-corrected chi connectivity index (χ0v) is 13.3. The van der Waals surface area contributed by atoms with Crippen LogP contribution in [0.4, 0.5) is 0 Å². The van der Waals surface area contributed by atoms with Crippen molar-refractivity contribution in [3.05, 3.63) is 0 Å². The first-order valence-corrected chi connectivity index (χ1v) is 12.3. The first-order valence-electron chi connectivity index (χ1n) is 5.36. The Bertz CT molecular complexity index is 239. The van der Waals surface area contributed by atoms with Gasteiger partial charge in [-0.3, -0.25) is 4.79 Å². The van der Waals surface area contributed by atoms with E-state index < -0.39 is 22.1 Å². The number of hydrogen-bond acceptors (Lipinski definition) is 3. The van der Waals surface area contributed by atoms with E-state index in [0.29, 0.717) is 0 Å². The molecule has 0 aliphatic rings. The smallest absolute Gasteiger partial charge is 0.311 e. The van der Waals surface area contributed by atoms with Crippen molar-refractivity contribution in [2.75, 3.05) is 0 Å². The number of rotatable bonds is 4. The highest BCUT2D eigenvalue weighted by molar-refractivity contribution is 6.74. The monoisotopic (exact) mass is 247 g/mol. The first-order chi connectivity index (χ1) is 6.33. The Balaban J connectivity index is 4.54. The molecule has 15 heavy (non-hydrogen) atoms. The molecule has 0 saturated heterocycles. The van der Waals surface area contributed by atoms with Gasteiger partial charge in [-0.2, -0.15) is 0 Å². The summed E-state index contributed by atoms with van der Waals surface area (Å²) in [6, 6.07) is 0. The van der Waals surface area contributed by atoms with Gasteiger partial charge in [0.1, 0.15) is 13.8 Å². The Morgan fingerprint density at radius 2 is 1.47 bits per heavy atom. The van der Waals surface area contributed by atoms with Crippen molar-refractivity contribution in [1.29, 1.82) is 0 Å². The van der Waals surface area contributed by atoms with Gasteiger partial charge in [0.25, 0.3) is 0 Å². The quantitative estimate of drug-likeness (QED) is 0.776. The largest absolute Gasteiger partial charge is 0.519 e. The molecule has 0 spiro atoms. The third kappa shape index (κ3) is 6.86. The second-order valence-corrected chi connectivity index (χ2v) is 15.7. The minimum absolute atomic E-state index is 0.121. The van der Waals surface area contributed by atoms with E-state index in [1.165, 1.54) is 0 Å². The van der Waals surface area contributed by atoms with Crippen LogP contribution < -0.4 is 4.98 Å². The maximum absolute atomic E-state index is 11.9. The molecule has 0 aromatic rings. The molecule has 0 amide bonds. The fourth-order valence-electron chi connectivity index (χ4n) is 1.39. The summed E-state index contributed by atoms with van der Waals surface area (Å²) in [5, 5.41) is 0. The third-order valence-corrected chi connectivity index (χ3v) is 3.77. The second-order valence-electron chi connectivity index (χ2n) is 6.50. The molecule has 90 valence electrons. The SMILES string of the molecule is CC(C)(N[Si](C)(C)C)C(=O)O[Si](C)(C)C. The van der Waals surface area contributed by atoms with Crippen LogP contribution in [-0.2, 0) is 9.22 Å². The lowest BCUT2D eigenvalue weighted by molar-refractivity contribution is -0.140. The Hall–Kier alpha value is -0.136. The molecule has 0 aliphatic heterocycles. The lowest BCUT2D eigenvalue weighted by Gasteiger charge is -2.34. The summed E-state index contributed by atoms with van der Waals surface area (Å²) in [5.74, 6) is -0.121. The molecule has 0 atom stereocenters. The summed E-state index contributed by atoms with van der Waals surface area (Å²) in [6.07, 6.45) is 0. The van der Waals surface area contributed by atoms with Gasteiger partial charge in [-0.05, 0) is 33.5 Å². The van der Waals surface area contributed by atoms with E-state index in [0.717, 1.165) is 0 Å². The van der Waals surface area contributed by atoms with Gasteiger partial charge < -0.3 is 9.41 Å². The van der Waals surface area contributed by atoms with Crippen molar-refractivity contribution in [3.63, 3.8) is 0 Å². The van der Waals surface area contributed by atoms with Crippen LogP contribution in [0.3, 0.4) is 0 Å². The Morgan fingerprint density at radius 3 is 1.73 bits per heavy atom. The molecule has 0 aliphatic carbocycles. The Morgan fingerprint density at radius 1 is 1.07 bits per heavy atom. The molecule has 1 N–H and O–H groups in total. The van der Waals surface area contributed by atoms with Crippen LogP contribution in [-0.4, -0.2) is 28.1 Å². The van der Waals surface area contributed by atoms with Crippen LogP contribution in [0.25, 0.3) is 0 Å². The molecule has 0 heterocycles. The second kappa shape index (κ2) is 4.39.